The molecule has 0 radical (unpaired) electrons. The molecule has 0 aliphatic rings. The minimum Gasteiger partial charge on any atom is -0.609 e. The number of nitrogens with one attached hydrogen (secondary N) is 1. The summed E-state index contributed by atoms with van der Waals surface area (Å²) >= 11 is -1.41. The summed E-state index contributed by atoms with van der Waals surface area (Å²) in [5.41, 5.74) is 8.66. The Morgan fingerprint density at radius 2 is 2.08 bits per heavy atom. The molecule has 0 fully saturated rings. The second-order valence-corrected chi connectivity index (χ2v) is 6.66. The Kier molecular flexibility index (Phi) is 4.82. The van der Waals surface area contributed by atoms with Gasteiger partial charge in [-0.2, -0.15) is 4.98 Å². The zero-order chi connectivity index (χ0) is 18.0. The first kappa shape index (κ1) is 17.1. The van der Waals surface area contributed by atoms with Gasteiger partial charge in [0, 0.05) is 28.5 Å². The highest BCUT2D eigenvalue weighted by molar-refractivity contribution is 7.90. The van der Waals surface area contributed by atoms with E-state index >= 15 is 0 Å². The lowest BCUT2D eigenvalue weighted by Gasteiger charge is -2.08. The molecule has 3 aromatic rings. The molecule has 130 valence electrons. The third kappa shape index (κ3) is 3.40. The quantitative estimate of drug-likeness (QED) is 0.410. The number of aromatic amines is 1. The molecule has 0 saturated heterocycles. The Hall–Kier alpha value is -2.71. The number of imidazole rings is 1. The van der Waals surface area contributed by atoms with Gasteiger partial charge in [-0.1, -0.05) is 18.2 Å². The molecule has 7 nitrogen and oxygen atoms in total. The molecule has 0 amide bonds. The van der Waals surface area contributed by atoms with Crippen LogP contribution < -0.4 is 10.5 Å². The largest absolute Gasteiger partial charge is 0.609 e. The van der Waals surface area contributed by atoms with E-state index in [0.717, 1.165) is 5.56 Å². The van der Waals surface area contributed by atoms with Crippen molar-refractivity contribution >= 4 is 33.9 Å². The number of aromatic nitrogens is 2. The predicted octanol–water partition coefficient (Wildman–Crippen LogP) is 2.25. The Bertz CT molecular complexity index is 925. The maximum absolute atomic E-state index is 12.6. The number of esters is 1. The van der Waals surface area contributed by atoms with Crippen molar-refractivity contribution < 1.29 is 18.8 Å². The van der Waals surface area contributed by atoms with E-state index in [0.29, 0.717) is 27.6 Å². The number of carbonyl (C=O) groups excluding carboxylic acids is 1. The highest BCUT2D eigenvalue weighted by Crippen LogP contribution is 2.27. The van der Waals surface area contributed by atoms with Crippen LogP contribution in [0.3, 0.4) is 0 Å². The molecule has 1 unspecified atom stereocenters. The normalized spacial score (nSPS) is 12.1. The lowest BCUT2D eigenvalue weighted by atomic mass is 10.2. The fraction of sp³-hybridized carbons (Fsp3) is 0.176. The number of carbonyl (C=O) groups is 1. The maximum atomic E-state index is 12.6. The molecule has 1 atom stereocenters. The third-order valence-electron chi connectivity index (χ3n) is 3.74. The number of nitrogens with two attached hydrogens (primary N) is 1. The first-order chi connectivity index (χ1) is 12.0. The lowest BCUT2D eigenvalue weighted by molar-refractivity contribution is 0.0597. The molecule has 8 heteroatoms. The second-order valence-electron chi connectivity index (χ2n) is 5.29. The van der Waals surface area contributed by atoms with Gasteiger partial charge in [-0.15, -0.1) is 0 Å². The van der Waals surface area contributed by atoms with Gasteiger partial charge >= 0.3 is 11.1 Å². The number of fused-ring (bicyclic) bond motifs is 1. The van der Waals surface area contributed by atoms with Crippen molar-refractivity contribution in [2.75, 3.05) is 20.0 Å². The second kappa shape index (κ2) is 7.04. The van der Waals surface area contributed by atoms with E-state index in [2.05, 4.69) is 9.97 Å². The summed E-state index contributed by atoms with van der Waals surface area (Å²) in [6.45, 7) is 0. The standard InChI is InChI=1S/C17H17N3O4S/c1-23-15-8-14-13(7-11(15)16(21)24-2)19-17(20-14)25(22)9-10-5-3-4-6-12(10)18/h3-8H,9,18H2,1-2H3,(H,19,20). The smallest absolute Gasteiger partial charge is 0.341 e. The van der Waals surface area contributed by atoms with Gasteiger partial charge in [0.2, 0.25) is 0 Å². The van der Waals surface area contributed by atoms with Crippen molar-refractivity contribution in [3.63, 3.8) is 0 Å². The van der Waals surface area contributed by atoms with Crippen LogP contribution in [0.2, 0.25) is 0 Å². The average Bonchev–Trinajstić information content (AvgIpc) is 3.04. The number of ether oxygens (including phenoxy) is 2. The maximum Gasteiger partial charge on any atom is 0.341 e. The Balaban J connectivity index is 1.95. The number of hydrogen-bond donors (Lipinski definition) is 2. The van der Waals surface area contributed by atoms with E-state index in [1.807, 2.05) is 18.2 Å². The van der Waals surface area contributed by atoms with Gasteiger partial charge in [-0.25, -0.2) is 4.79 Å². The van der Waals surface area contributed by atoms with Crippen LogP contribution >= 0.6 is 0 Å². The van der Waals surface area contributed by atoms with Crippen LogP contribution in [0.15, 0.2) is 41.6 Å². The summed E-state index contributed by atoms with van der Waals surface area (Å²) in [5.74, 6) is 0.0663. The minimum absolute atomic E-state index is 0.244. The summed E-state index contributed by atoms with van der Waals surface area (Å²) in [5, 5.41) is 0.308. The molecular weight excluding hydrogens is 342 g/mol. The number of para-hydroxylation sites is 1. The van der Waals surface area contributed by atoms with Gasteiger partial charge in [-0.05, 0) is 12.1 Å². The number of anilines is 1. The number of benzene rings is 2. The molecule has 1 aromatic heterocycles. The van der Waals surface area contributed by atoms with E-state index in [-0.39, 0.29) is 11.3 Å². The molecule has 0 saturated carbocycles. The van der Waals surface area contributed by atoms with Gasteiger partial charge in [0.1, 0.15) is 17.1 Å². The Morgan fingerprint density at radius 3 is 2.76 bits per heavy atom. The SMILES string of the molecule is COC(=O)c1cc2[nH]c([S+]([O-])Cc3ccccc3N)nc2cc1OC. The molecular formula is C17H17N3O4S. The minimum atomic E-state index is -1.41. The van der Waals surface area contributed by atoms with Crippen LogP contribution in [0.4, 0.5) is 5.69 Å². The summed E-state index contributed by atoms with van der Waals surface area (Å²) in [7, 11) is 2.75. The molecule has 25 heavy (non-hydrogen) atoms. The number of hydrogen-bond acceptors (Lipinski definition) is 6. The number of nitrogens with zero attached hydrogens (tertiary/aromatic N) is 1. The van der Waals surface area contributed by atoms with E-state index in [4.69, 9.17) is 15.2 Å². The van der Waals surface area contributed by atoms with E-state index in [1.165, 1.54) is 14.2 Å². The van der Waals surface area contributed by atoms with Crippen molar-refractivity contribution in [3.8, 4) is 5.75 Å². The number of H-pyrrole nitrogens is 1. The highest BCUT2D eigenvalue weighted by atomic mass is 32.2. The summed E-state index contributed by atoms with van der Waals surface area (Å²) in [6, 6.07) is 10.4. The van der Waals surface area contributed by atoms with E-state index < -0.39 is 17.1 Å². The van der Waals surface area contributed by atoms with Crippen LogP contribution in [0.1, 0.15) is 15.9 Å². The first-order valence-electron chi connectivity index (χ1n) is 7.41. The van der Waals surface area contributed by atoms with Crippen LogP contribution in [0, 0.1) is 0 Å². The molecule has 3 N–H and O–H groups in total. The number of methoxy groups -OCH3 is 2. The van der Waals surface area contributed by atoms with Crippen LogP contribution in [-0.2, 0) is 21.7 Å². The topological polar surface area (TPSA) is 113 Å². The van der Waals surface area contributed by atoms with Crippen LogP contribution in [-0.4, -0.2) is 34.7 Å². The van der Waals surface area contributed by atoms with Crippen molar-refractivity contribution in [2.45, 2.75) is 10.9 Å². The number of nitrogen functional groups attached to an aromatic ring is 1. The van der Waals surface area contributed by atoms with Crippen molar-refractivity contribution in [1.29, 1.82) is 0 Å². The van der Waals surface area contributed by atoms with Gasteiger partial charge in [0.05, 0.1) is 25.3 Å². The highest BCUT2D eigenvalue weighted by Gasteiger charge is 2.21. The molecule has 2 aromatic carbocycles. The number of rotatable bonds is 5. The summed E-state index contributed by atoms with van der Waals surface area (Å²) < 4.78 is 22.6. The average molecular weight is 359 g/mol. The fourth-order valence-corrected chi connectivity index (χ4v) is 3.54. The van der Waals surface area contributed by atoms with E-state index in [9.17, 15) is 9.35 Å². The molecule has 0 aliphatic carbocycles. The van der Waals surface area contributed by atoms with Crippen molar-refractivity contribution in [3.05, 3.63) is 47.5 Å². The zero-order valence-corrected chi connectivity index (χ0v) is 14.6. The molecule has 3 rings (SSSR count). The Labute approximate surface area is 147 Å². The van der Waals surface area contributed by atoms with E-state index in [1.54, 1.807) is 18.2 Å². The van der Waals surface area contributed by atoms with Crippen molar-refractivity contribution in [1.82, 2.24) is 9.97 Å². The molecule has 0 bridgehead atoms. The van der Waals surface area contributed by atoms with Gasteiger partial charge in [0.25, 0.3) is 0 Å². The van der Waals surface area contributed by atoms with Gasteiger partial charge in [0.15, 0.2) is 0 Å². The fourth-order valence-electron chi connectivity index (χ4n) is 2.44. The third-order valence-corrected chi connectivity index (χ3v) is 4.94. The van der Waals surface area contributed by atoms with Crippen LogP contribution in [0.5, 0.6) is 5.75 Å². The summed E-state index contributed by atoms with van der Waals surface area (Å²) in [6.07, 6.45) is 0. The summed E-state index contributed by atoms with van der Waals surface area (Å²) in [4.78, 5) is 19.2. The monoisotopic (exact) mass is 359 g/mol. The van der Waals surface area contributed by atoms with Gasteiger partial charge < -0.3 is 19.8 Å². The first-order valence-corrected chi connectivity index (χ1v) is 8.73. The molecule has 0 aliphatic heterocycles. The zero-order valence-electron chi connectivity index (χ0n) is 13.7. The predicted molar refractivity (Wildman–Crippen MR) is 95.0 cm³/mol. The van der Waals surface area contributed by atoms with Crippen LogP contribution in [0.25, 0.3) is 11.0 Å². The van der Waals surface area contributed by atoms with Gasteiger partial charge in [-0.3, -0.25) is 4.98 Å². The molecule has 0 spiro atoms. The Morgan fingerprint density at radius 1 is 1.32 bits per heavy atom. The van der Waals surface area contributed by atoms with Crippen molar-refractivity contribution in [2.24, 2.45) is 0 Å². The lowest BCUT2D eigenvalue weighted by Crippen LogP contribution is -2.08. The molecule has 1 heterocycles.